The van der Waals surface area contributed by atoms with E-state index in [4.69, 9.17) is 16.0 Å². The fourth-order valence-corrected chi connectivity index (χ4v) is 4.13. The molecule has 0 unspecified atom stereocenters. The van der Waals surface area contributed by atoms with Crippen LogP contribution in [-0.2, 0) is 12.0 Å². The number of fused-ring (bicyclic) bond motifs is 2. The predicted octanol–water partition coefficient (Wildman–Crippen LogP) is 3.02. The largest absolute Gasteiger partial charge is 0.432 e. The monoisotopic (exact) mass is 440 g/mol. The van der Waals surface area contributed by atoms with Crippen LogP contribution in [0.4, 0.5) is 0 Å². The maximum atomic E-state index is 13.6. The van der Waals surface area contributed by atoms with Crippen molar-refractivity contribution in [3.8, 4) is 0 Å². The van der Waals surface area contributed by atoms with E-state index in [0.717, 1.165) is 16.9 Å². The van der Waals surface area contributed by atoms with E-state index in [0.29, 0.717) is 29.4 Å². The Labute approximate surface area is 182 Å². The van der Waals surface area contributed by atoms with Crippen molar-refractivity contribution in [2.75, 3.05) is 6.54 Å². The number of aromatic nitrogens is 5. The van der Waals surface area contributed by atoms with Crippen molar-refractivity contribution in [2.24, 2.45) is 0 Å². The lowest BCUT2D eigenvalue weighted by Crippen LogP contribution is -2.41. The Bertz CT molecular complexity index is 1300. The number of imidazole rings is 1. The molecular formula is C21H21ClN6O3. The number of hydrogen-bond acceptors (Lipinski definition) is 6. The minimum Gasteiger partial charge on any atom is -0.432 e. The Hall–Kier alpha value is -3.17. The van der Waals surface area contributed by atoms with Gasteiger partial charge in [-0.15, -0.1) is 0 Å². The second-order valence-corrected chi connectivity index (χ2v) is 8.57. The van der Waals surface area contributed by atoms with Gasteiger partial charge in [0.05, 0.1) is 33.9 Å². The molecule has 5 heterocycles. The van der Waals surface area contributed by atoms with Crippen molar-refractivity contribution in [1.82, 2.24) is 29.5 Å². The molecule has 4 aromatic rings. The number of carbonyl (C=O) groups is 1. The zero-order valence-electron chi connectivity index (χ0n) is 17.3. The molecule has 1 amide bonds. The van der Waals surface area contributed by atoms with Crippen LogP contribution in [0.15, 0.2) is 35.1 Å². The van der Waals surface area contributed by atoms with Crippen LogP contribution in [0.3, 0.4) is 0 Å². The highest BCUT2D eigenvalue weighted by atomic mass is 35.5. The highest BCUT2D eigenvalue weighted by Crippen LogP contribution is 2.36. The highest BCUT2D eigenvalue weighted by molar-refractivity contribution is 6.33. The predicted molar refractivity (Wildman–Crippen MR) is 112 cm³/mol. The summed E-state index contributed by atoms with van der Waals surface area (Å²) in [5, 5.41) is 15.5. The van der Waals surface area contributed by atoms with E-state index in [1.54, 1.807) is 48.8 Å². The molecule has 0 fully saturated rings. The van der Waals surface area contributed by atoms with Crippen LogP contribution in [0.5, 0.6) is 0 Å². The second-order valence-electron chi connectivity index (χ2n) is 8.17. The number of nitrogens with one attached hydrogen (secondary N) is 1. The molecule has 0 saturated carbocycles. The number of carbonyl (C=O) groups excluding carboxylic acids is 1. The van der Waals surface area contributed by atoms with Gasteiger partial charge in [0.25, 0.3) is 5.91 Å². The molecule has 0 aromatic carbocycles. The number of H-pyrrole nitrogens is 1. The van der Waals surface area contributed by atoms with Gasteiger partial charge in [-0.2, -0.15) is 5.10 Å². The van der Waals surface area contributed by atoms with Crippen molar-refractivity contribution < 1.29 is 14.3 Å². The standard InChI is InChI=1S/C21H21ClN6O3/c1-11-18(31-20(25-11)21(2,3)30)19(29)27-8-6-13-16(24-10-23-13)17(27)14-9-15-12(22)5-4-7-28(15)26-14/h4-5,7,9-10,17,30H,6,8H2,1-3H3,(H,23,24)/t17-/m0/s1. The fraction of sp³-hybridized carbons (Fsp3) is 0.333. The third-order valence-corrected chi connectivity index (χ3v) is 5.77. The Morgan fingerprint density at radius 2 is 2.23 bits per heavy atom. The van der Waals surface area contributed by atoms with Gasteiger partial charge in [-0.1, -0.05) is 11.6 Å². The summed E-state index contributed by atoms with van der Waals surface area (Å²) in [7, 11) is 0. The van der Waals surface area contributed by atoms with E-state index in [1.807, 2.05) is 12.1 Å². The molecule has 4 aromatic heterocycles. The molecule has 1 aliphatic heterocycles. The van der Waals surface area contributed by atoms with Crippen molar-refractivity contribution in [3.63, 3.8) is 0 Å². The number of hydrogen-bond donors (Lipinski definition) is 2. The second kappa shape index (κ2) is 6.93. The summed E-state index contributed by atoms with van der Waals surface area (Å²) in [5.74, 6) is -0.132. The third kappa shape index (κ3) is 3.21. The molecule has 10 heteroatoms. The first-order valence-electron chi connectivity index (χ1n) is 9.91. The van der Waals surface area contributed by atoms with Crippen LogP contribution < -0.4 is 0 Å². The molecule has 2 N–H and O–H groups in total. The van der Waals surface area contributed by atoms with Gasteiger partial charge in [-0.05, 0) is 39.0 Å². The van der Waals surface area contributed by atoms with Crippen LogP contribution >= 0.6 is 11.6 Å². The summed E-state index contributed by atoms with van der Waals surface area (Å²) in [6.45, 7) is 5.26. The Morgan fingerprint density at radius 3 is 2.94 bits per heavy atom. The summed E-state index contributed by atoms with van der Waals surface area (Å²) in [6.07, 6.45) is 4.05. The van der Waals surface area contributed by atoms with Gasteiger partial charge in [0, 0.05) is 24.9 Å². The molecule has 5 rings (SSSR count). The normalized spacial score (nSPS) is 16.7. The summed E-state index contributed by atoms with van der Waals surface area (Å²) in [6, 6.07) is 4.95. The van der Waals surface area contributed by atoms with Gasteiger partial charge in [0.15, 0.2) is 0 Å². The Kier molecular flexibility index (Phi) is 4.42. The number of rotatable bonds is 3. The average Bonchev–Trinajstić information content (AvgIpc) is 3.44. The fourth-order valence-electron chi connectivity index (χ4n) is 3.92. The Balaban J connectivity index is 1.61. The van der Waals surface area contributed by atoms with Gasteiger partial charge in [0.2, 0.25) is 11.7 Å². The average molecular weight is 441 g/mol. The highest BCUT2D eigenvalue weighted by Gasteiger charge is 2.39. The minimum absolute atomic E-state index is 0.0990. The van der Waals surface area contributed by atoms with Crippen LogP contribution in [0.1, 0.15) is 59.1 Å². The zero-order chi connectivity index (χ0) is 21.9. The van der Waals surface area contributed by atoms with Crippen LogP contribution in [0.2, 0.25) is 5.02 Å². The SMILES string of the molecule is Cc1nc(C(C)(C)O)oc1C(=O)N1CCc2[nH]cnc2[C@@H]1c1cc2c(Cl)cccn2n1. The first-order valence-corrected chi connectivity index (χ1v) is 10.3. The maximum Gasteiger partial charge on any atom is 0.292 e. The lowest BCUT2D eigenvalue weighted by molar-refractivity contribution is 0.0440. The molecule has 160 valence electrons. The van der Waals surface area contributed by atoms with E-state index in [-0.39, 0.29) is 17.6 Å². The van der Waals surface area contributed by atoms with Gasteiger partial charge in [-0.3, -0.25) is 4.79 Å². The first-order chi connectivity index (χ1) is 14.7. The van der Waals surface area contributed by atoms with E-state index in [1.165, 1.54) is 0 Å². The van der Waals surface area contributed by atoms with Crippen LogP contribution in [0.25, 0.3) is 5.52 Å². The molecule has 0 radical (unpaired) electrons. The minimum atomic E-state index is -1.29. The molecule has 0 bridgehead atoms. The summed E-state index contributed by atoms with van der Waals surface area (Å²) < 4.78 is 7.39. The molecular weight excluding hydrogens is 420 g/mol. The molecule has 1 aliphatic rings. The van der Waals surface area contributed by atoms with Crippen molar-refractivity contribution in [1.29, 1.82) is 0 Å². The van der Waals surface area contributed by atoms with E-state index >= 15 is 0 Å². The number of halogens is 1. The Morgan fingerprint density at radius 1 is 1.42 bits per heavy atom. The first kappa shape index (κ1) is 19.8. The number of aliphatic hydroxyl groups is 1. The topological polar surface area (TPSA) is 113 Å². The van der Waals surface area contributed by atoms with E-state index < -0.39 is 11.6 Å². The van der Waals surface area contributed by atoms with E-state index in [2.05, 4.69) is 20.1 Å². The zero-order valence-corrected chi connectivity index (χ0v) is 18.0. The number of pyridine rings is 1. The van der Waals surface area contributed by atoms with Crippen molar-refractivity contribution in [2.45, 2.75) is 38.8 Å². The van der Waals surface area contributed by atoms with Gasteiger partial charge < -0.3 is 19.4 Å². The smallest absolute Gasteiger partial charge is 0.292 e. The van der Waals surface area contributed by atoms with Crippen LogP contribution in [-0.4, -0.2) is 47.0 Å². The quantitative estimate of drug-likeness (QED) is 0.506. The third-order valence-electron chi connectivity index (χ3n) is 5.45. The molecule has 0 spiro atoms. The maximum absolute atomic E-state index is 13.6. The van der Waals surface area contributed by atoms with Gasteiger partial charge >= 0.3 is 0 Å². The lowest BCUT2D eigenvalue weighted by atomic mass is 9.99. The number of oxazole rings is 1. The summed E-state index contributed by atoms with van der Waals surface area (Å²) in [4.78, 5) is 27.1. The number of nitrogens with zero attached hydrogens (tertiary/aromatic N) is 5. The lowest BCUT2D eigenvalue weighted by Gasteiger charge is -2.33. The molecule has 0 saturated heterocycles. The van der Waals surface area contributed by atoms with Crippen molar-refractivity contribution in [3.05, 3.63) is 70.2 Å². The number of aryl methyl sites for hydroxylation is 1. The number of aromatic amines is 1. The molecule has 31 heavy (non-hydrogen) atoms. The van der Waals surface area contributed by atoms with Gasteiger partial charge in [0.1, 0.15) is 11.6 Å². The summed E-state index contributed by atoms with van der Waals surface area (Å²) in [5.41, 5.74) is 2.22. The van der Waals surface area contributed by atoms with Crippen molar-refractivity contribution >= 4 is 23.0 Å². The van der Waals surface area contributed by atoms with Gasteiger partial charge in [-0.25, -0.2) is 14.5 Å². The van der Waals surface area contributed by atoms with Crippen LogP contribution in [0, 0.1) is 6.92 Å². The van der Waals surface area contributed by atoms with E-state index in [9.17, 15) is 9.90 Å². The number of amides is 1. The molecule has 1 atom stereocenters. The molecule has 0 aliphatic carbocycles. The molecule has 9 nitrogen and oxygen atoms in total. The summed E-state index contributed by atoms with van der Waals surface area (Å²) >= 11 is 6.34.